The van der Waals surface area contributed by atoms with Gasteiger partial charge in [0.25, 0.3) is 0 Å². The van der Waals surface area contributed by atoms with Gasteiger partial charge in [-0.15, -0.1) is 0 Å². The number of anilines is 2. The predicted octanol–water partition coefficient (Wildman–Crippen LogP) is 2.68. The second kappa shape index (κ2) is 5.84. The van der Waals surface area contributed by atoms with Crippen LogP contribution in [0.1, 0.15) is 39.5 Å². The molecule has 2 heterocycles. The van der Waals surface area contributed by atoms with Crippen molar-refractivity contribution >= 4 is 11.6 Å². The molecule has 1 saturated heterocycles. The highest BCUT2D eigenvalue weighted by Crippen LogP contribution is 2.19. The molecule has 0 atom stereocenters. The first kappa shape index (κ1) is 12.1. The highest BCUT2D eigenvalue weighted by molar-refractivity contribution is 5.48. The minimum absolute atomic E-state index is 0.405. The van der Waals surface area contributed by atoms with Crippen LogP contribution in [0.15, 0.2) is 12.4 Å². The van der Waals surface area contributed by atoms with Gasteiger partial charge in [0.15, 0.2) is 0 Å². The maximum Gasteiger partial charge on any atom is 0.134 e. The molecule has 1 aliphatic heterocycles. The zero-order valence-electron chi connectivity index (χ0n) is 10.8. The van der Waals surface area contributed by atoms with Crippen LogP contribution < -0.4 is 10.2 Å². The van der Waals surface area contributed by atoms with Gasteiger partial charge in [0.05, 0.1) is 0 Å². The molecule has 4 heteroatoms. The quantitative estimate of drug-likeness (QED) is 0.873. The summed E-state index contributed by atoms with van der Waals surface area (Å²) in [6.07, 6.45) is 6.90. The third kappa shape index (κ3) is 3.58. The van der Waals surface area contributed by atoms with Crippen molar-refractivity contribution < 1.29 is 0 Å². The van der Waals surface area contributed by atoms with Crippen molar-refractivity contribution in [3.05, 3.63) is 12.4 Å². The Hall–Kier alpha value is -1.32. The first-order chi connectivity index (χ1) is 8.25. The second-order valence-corrected chi connectivity index (χ2v) is 4.96. The van der Waals surface area contributed by atoms with Crippen molar-refractivity contribution in [2.75, 3.05) is 23.3 Å². The molecule has 0 radical (unpaired) electrons. The van der Waals surface area contributed by atoms with Crippen molar-refractivity contribution in [1.82, 2.24) is 9.97 Å². The Morgan fingerprint density at radius 1 is 1.12 bits per heavy atom. The van der Waals surface area contributed by atoms with E-state index >= 15 is 0 Å². The monoisotopic (exact) mass is 234 g/mol. The lowest BCUT2D eigenvalue weighted by atomic mass is 10.2. The van der Waals surface area contributed by atoms with Gasteiger partial charge in [0, 0.05) is 25.2 Å². The van der Waals surface area contributed by atoms with E-state index in [1.165, 1.54) is 25.7 Å². The first-order valence-corrected chi connectivity index (χ1v) is 6.59. The van der Waals surface area contributed by atoms with E-state index in [1.54, 1.807) is 6.33 Å². The highest BCUT2D eigenvalue weighted by Gasteiger charge is 2.11. The lowest BCUT2D eigenvalue weighted by Crippen LogP contribution is -2.25. The van der Waals surface area contributed by atoms with Gasteiger partial charge in [-0.05, 0) is 26.7 Å². The van der Waals surface area contributed by atoms with E-state index in [4.69, 9.17) is 0 Å². The summed E-state index contributed by atoms with van der Waals surface area (Å²) in [5.74, 6) is 1.99. The van der Waals surface area contributed by atoms with Crippen LogP contribution in [0.4, 0.5) is 11.6 Å². The summed E-state index contributed by atoms with van der Waals surface area (Å²) in [7, 11) is 0. The smallest absolute Gasteiger partial charge is 0.134 e. The fourth-order valence-corrected chi connectivity index (χ4v) is 2.19. The molecule has 1 fully saturated rings. The lowest BCUT2D eigenvalue weighted by Gasteiger charge is -2.21. The van der Waals surface area contributed by atoms with Gasteiger partial charge in [0.2, 0.25) is 0 Å². The van der Waals surface area contributed by atoms with Crippen molar-refractivity contribution in [2.45, 2.75) is 45.6 Å². The molecule has 0 bridgehead atoms. The van der Waals surface area contributed by atoms with Crippen molar-refractivity contribution in [3.63, 3.8) is 0 Å². The molecule has 0 spiro atoms. The number of aromatic nitrogens is 2. The van der Waals surface area contributed by atoms with E-state index in [2.05, 4.69) is 40.1 Å². The molecule has 0 amide bonds. The van der Waals surface area contributed by atoms with Crippen molar-refractivity contribution in [2.24, 2.45) is 0 Å². The zero-order chi connectivity index (χ0) is 12.1. The highest BCUT2D eigenvalue weighted by atomic mass is 15.2. The maximum absolute atomic E-state index is 4.39. The minimum atomic E-state index is 0.405. The Kier molecular flexibility index (Phi) is 4.18. The molecule has 94 valence electrons. The molecule has 0 aromatic carbocycles. The van der Waals surface area contributed by atoms with E-state index in [-0.39, 0.29) is 0 Å². The van der Waals surface area contributed by atoms with Gasteiger partial charge in [-0.3, -0.25) is 0 Å². The third-order valence-electron chi connectivity index (χ3n) is 3.02. The molecule has 1 aliphatic rings. The summed E-state index contributed by atoms with van der Waals surface area (Å²) in [6.45, 7) is 6.48. The molecule has 0 aliphatic carbocycles. The number of nitrogens with one attached hydrogen (secondary N) is 1. The topological polar surface area (TPSA) is 41.0 Å². The molecular weight excluding hydrogens is 212 g/mol. The predicted molar refractivity (Wildman–Crippen MR) is 71.5 cm³/mol. The average Bonchev–Trinajstić information content (AvgIpc) is 2.57. The summed E-state index contributed by atoms with van der Waals surface area (Å²) in [6, 6.07) is 2.47. The Balaban J connectivity index is 2.08. The third-order valence-corrected chi connectivity index (χ3v) is 3.02. The van der Waals surface area contributed by atoms with Crippen LogP contribution in [0.2, 0.25) is 0 Å². The first-order valence-electron chi connectivity index (χ1n) is 6.59. The van der Waals surface area contributed by atoms with E-state index < -0.39 is 0 Å². The molecule has 0 saturated carbocycles. The van der Waals surface area contributed by atoms with Crippen LogP contribution in [-0.2, 0) is 0 Å². The van der Waals surface area contributed by atoms with Crippen LogP contribution in [-0.4, -0.2) is 29.1 Å². The fraction of sp³-hybridized carbons (Fsp3) is 0.692. The van der Waals surface area contributed by atoms with Gasteiger partial charge in [-0.1, -0.05) is 12.8 Å². The molecule has 0 unspecified atom stereocenters. The minimum Gasteiger partial charge on any atom is -0.368 e. The van der Waals surface area contributed by atoms with Crippen LogP contribution in [0, 0.1) is 0 Å². The number of rotatable bonds is 3. The lowest BCUT2D eigenvalue weighted by molar-refractivity contribution is 0.726. The van der Waals surface area contributed by atoms with Gasteiger partial charge < -0.3 is 10.2 Å². The summed E-state index contributed by atoms with van der Waals surface area (Å²) in [5.41, 5.74) is 0. The van der Waals surface area contributed by atoms with Gasteiger partial charge in [-0.2, -0.15) is 0 Å². The van der Waals surface area contributed by atoms with Crippen LogP contribution in [0.5, 0.6) is 0 Å². The molecule has 1 aromatic heterocycles. The molecule has 17 heavy (non-hydrogen) atoms. The van der Waals surface area contributed by atoms with Crippen LogP contribution in [0.25, 0.3) is 0 Å². The summed E-state index contributed by atoms with van der Waals surface area (Å²) >= 11 is 0. The Labute approximate surface area is 103 Å². The number of hydrogen-bond acceptors (Lipinski definition) is 4. The van der Waals surface area contributed by atoms with E-state index in [1.807, 2.05) is 0 Å². The molecule has 4 nitrogen and oxygen atoms in total. The fourth-order valence-electron chi connectivity index (χ4n) is 2.19. The Bertz CT molecular complexity index is 343. The zero-order valence-corrected chi connectivity index (χ0v) is 10.8. The maximum atomic E-state index is 4.39. The largest absolute Gasteiger partial charge is 0.368 e. The van der Waals surface area contributed by atoms with Gasteiger partial charge in [0.1, 0.15) is 18.0 Å². The molecule has 2 rings (SSSR count). The Morgan fingerprint density at radius 2 is 1.82 bits per heavy atom. The number of hydrogen-bond donors (Lipinski definition) is 1. The van der Waals surface area contributed by atoms with Crippen LogP contribution >= 0.6 is 0 Å². The van der Waals surface area contributed by atoms with Crippen molar-refractivity contribution in [1.29, 1.82) is 0 Å². The Morgan fingerprint density at radius 3 is 2.47 bits per heavy atom. The summed E-state index contributed by atoms with van der Waals surface area (Å²) in [5, 5.41) is 3.32. The summed E-state index contributed by atoms with van der Waals surface area (Å²) < 4.78 is 0. The van der Waals surface area contributed by atoms with Gasteiger partial charge in [-0.25, -0.2) is 9.97 Å². The van der Waals surface area contributed by atoms with E-state index in [0.717, 1.165) is 24.7 Å². The SMILES string of the molecule is CC(C)Nc1cc(N2CCCCCC2)ncn1. The normalized spacial score (nSPS) is 17.0. The second-order valence-electron chi connectivity index (χ2n) is 4.96. The van der Waals surface area contributed by atoms with Crippen LogP contribution in [0.3, 0.4) is 0 Å². The van der Waals surface area contributed by atoms with E-state index in [9.17, 15) is 0 Å². The van der Waals surface area contributed by atoms with E-state index in [0.29, 0.717) is 6.04 Å². The standard InChI is InChI=1S/C13H22N4/c1-11(2)16-12-9-13(15-10-14-12)17-7-5-3-4-6-8-17/h9-11H,3-8H2,1-2H3,(H,14,15,16). The molecular formula is C13H22N4. The van der Waals surface area contributed by atoms with Crippen molar-refractivity contribution in [3.8, 4) is 0 Å². The number of nitrogens with zero attached hydrogens (tertiary/aromatic N) is 3. The van der Waals surface area contributed by atoms with Gasteiger partial charge >= 0.3 is 0 Å². The summed E-state index contributed by atoms with van der Waals surface area (Å²) in [4.78, 5) is 11.0. The average molecular weight is 234 g/mol. The molecule has 1 N–H and O–H groups in total. The molecule has 1 aromatic rings.